The number of carbonyl (C=O) groups is 2. The number of amides is 1. The van der Waals surface area contributed by atoms with Gasteiger partial charge in [0, 0.05) is 20.2 Å². The molecule has 19 heavy (non-hydrogen) atoms. The van der Waals surface area contributed by atoms with E-state index in [1.165, 1.54) is 6.07 Å². The van der Waals surface area contributed by atoms with Crippen LogP contribution in [0.25, 0.3) is 0 Å². The smallest absolute Gasteiger partial charge is 0.335 e. The number of methoxy groups -OCH3 is 1. The van der Waals surface area contributed by atoms with Crippen molar-refractivity contribution in [1.29, 1.82) is 0 Å². The van der Waals surface area contributed by atoms with Crippen LogP contribution in [0.1, 0.15) is 15.9 Å². The van der Waals surface area contributed by atoms with Gasteiger partial charge in [-0.2, -0.15) is 0 Å². The molecule has 0 bridgehead atoms. The Morgan fingerprint density at radius 1 is 1.37 bits per heavy atom. The number of nitrogens with one attached hydrogen (secondary N) is 2. The monoisotopic (exact) mass is 266 g/mol. The first kappa shape index (κ1) is 15.1. The summed E-state index contributed by atoms with van der Waals surface area (Å²) in [6.07, 6.45) is 0. The topological polar surface area (TPSA) is 87.7 Å². The zero-order chi connectivity index (χ0) is 14.1. The van der Waals surface area contributed by atoms with Gasteiger partial charge in [0.25, 0.3) is 0 Å². The molecule has 1 aromatic rings. The van der Waals surface area contributed by atoms with Crippen LogP contribution in [0.4, 0.5) is 0 Å². The Balaban J connectivity index is 2.31. The minimum Gasteiger partial charge on any atom is -0.478 e. The summed E-state index contributed by atoms with van der Waals surface area (Å²) < 4.78 is 4.81. The van der Waals surface area contributed by atoms with Crippen LogP contribution >= 0.6 is 0 Å². The summed E-state index contributed by atoms with van der Waals surface area (Å²) >= 11 is 0. The van der Waals surface area contributed by atoms with Crippen LogP contribution in [0.2, 0.25) is 0 Å². The summed E-state index contributed by atoms with van der Waals surface area (Å²) in [7, 11) is 1.57. The van der Waals surface area contributed by atoms with Gasteiger partial charge < -0.3 is 20.5 Å². The summed E-state index contributed by atoms with van der Waals surface area (Å²) in [6.45, 7) is 1.58. The third-order valence-electron chi connectivity index (χ3n) is 2.42. The molecular weight excluding hydrogens is 248 g/mol. The molecule has 3 N–H and O–H groups in total. The van der Waals surface area contributed by atoms with Gasteiger partial charge in [0.2, 0.25) is 5.91 Å². The lowest BCUT2D eigenvalue weighted by atomic mass is 10.1. The minimum atomic E-state index is -0.959. The molecule has 0 atom stereocenters. The minimum absolute atomic E-state index is 0.119. The molecule has 0 aromatic heterocycles. The van der Waals surface area contributed by atoms with E-state index >= 15 is 0 Å². The van der Waals surface area contributed by atoms with Gasteiger partial charge in [-0.15, -0.1) is 0 Å². The van der Waals surface area contributed by atoms with Crippen molar-refractivity contribution in [2.45, 2.75) is 6.54 Å². The molecule has 0 aliphatic carbocycles. The van der Waals surface area contributed by atoms with E-state index in [0.29, 0.717) is 19.7 Å². The molecule has 0 spiro atoms. The van der Waals surface area contributed by atoms with Crippen molar-refractivity contribution in [2.75, 3.05) is 26.8 Å². The Hall–Kier alpha value is -1.92. The number of rotatable bonds is 8. The van der Waals surface area contributed by atoms with E-state index in [1.54, 1.807) is 19.2 Å². The second kappa shape index (κ2) is 8.23. The normalized spacial score (nSPS) is 10.2. The number of carboxylic acid groups (broad SMARTS) is 1. The van der Waals surface area contributed by atoms with E-state index in [2.05, 4.69) is 10.6 Å². The molecular formula is C13H18N2O4. The first-order chi connectivity index (χ1) is 9.13. The van der Waals surface area contributed by atoms with Crippen molar-refractivity contribution >= 4 is 11.9 Å². The van der Waals surface area contributed by atoms with Crippen molar-refractivity contribution in [3.05, 3.63) is 35.4 Å². The number of aromatic carboxylic acids is 1. The third-order valence-corrected chi connectivity index (χ3v) is 2.42. The Bertz CT molecular complexity index is 434. The first-order valence-corrected chi connectivity index (χ1v) is 5.92. The van der Waals surface area contributed by atoms with Gasteiger partial charge >= 0.3 is 5.97 Å². The van der Waals surface area contributed by atoms with Crippen LogP contribution < -0.4 is 10.6 Å². The highest BCUT2D eigenvalue weighted by Gasteiger charge is 2.04. The summed E-state index contributed by atoms with van der Waals surface area (Å²) in [5, 5.41) is 14.5. The summed E-state index contributed by atoms with van der Waals surface area (Å²) in [4.78, 5) is 22.1. The molecule has 0 heterocycles. The van der Waals surface area contributed by atoms with Crippen LogP contribution in [0.15, 0.2) is 24.3 Å². The Morgan fingerprint density at radius 2 is 2.16 bits per heavy atom. The van der Waals surface area contributed by atoms with Crippen molar-refractivity contribution in [1.82, 2.24) is 10.6 Å². The number of hydrogen-bond acceptors (Lipinski definition) is 4. The van der Waals surface area contributed by atoms with E-state index < -0.39 is 5.97 Å². The van der Waals surface area contributed by atoms with E-state index in [-0.39, 0.29) is 18.0 Å². The number of carboxylic acids is 1. The van der Waals surface area contributed by atoms with Gasteiger partial charge in [-0.05, 0) is 17.7 Å². The zero-order valence-electron chi connectivity index (χ0n) is 10.8. The highest BCUT2D eigenvalue weighted by Crippen LogP contribution is 2.04. The van der Waals surface area contributed by atoms with Crippen molar-refractivity contribution < 1.29 is 19.4 Å². The fraction of sp³-hybridized carbons (Fsp3) is 0.385. The number of benzene rings is 1. The van der Waals surface area contributed by atoms with Gasteiger partial charge in [0.1, 0.15) is 0 Å². The average Bonchev–Trinajstić information content (AvgIpc) is 2.39. The van der Waals surface area contributed by atoms with Crippen molar-refractivity contribution in [3.63, 3.8) is 0 Å². The van der Waals surface area contributed by atoms with Gasteiger partial charge in [-0.25, -0.2) is 4.79 Å². The second-order valence-electron chi connectivity index (χ2n) is 3.95. The van der Waals surface area contributed by atoms with Gasteiger partial charge in [-0.1, -0.05) is 12.1 Å². The van der Waals surface area contributed by atoms with Crippen LogP contribution in [-0.2, 0) is 16.1 Å². The SMILES string of the molecule is COCCNC(=O)CNCc1cccc(C(=O)O)c1. The molecule has 6 nitrogen and oxygen atoms in total. The van der Waals surface area contributed by atoms with Crippen LogP contribution in [0, 0.1) is 0 Å². The van der Waals surface area contributed by atoms with Crippen LogP contribution in [0.3, 0.4) is 0 Å². The quantitative estimate of drug-likeness (QED) is 0.587. The number of carbonyl (C=O) groups excluding carboxylic acids is 1. The molecule has 104 valence electrons. The second-order valence-corrected chi connectivity index (χ2v) is 3.95. The molecule has 0 unspecified atom stereocenters. The van der Waals surface area contributed by atoms with E-state index in [4.69, 9.17) is 9.84 Å². The standard InChI is InChI=1S/C13H18N2O4/c1-19-6-5-15-12(16)9-14-8-10-3-2-4-11(7-10)13(17)18/h2-4,7,14H,5-6,8-9H2,1H3,(H,15,16)(H,17,18). The number of ether oxygens (including phenoxy) is 1. The zero-order valence-corrected chi connectivity index (χ0v) is 10.8. The lowest BCUT2D eigenvalue weighted by Crippen LogP contribution is -2.35. The molecule has 1 aromatic carbocycles. The maximum atomic E-state index is 11.4. The molecule has 1 rings (SSSR count). The Labute approximate surface area is 111 Å². The maximum Gasteiger partial charge on any atom is 0.335 e. The van der Waals surface area contributed by atoms with E-state index in [1.807, 2.05) is 6.07 Å². The molecule has 6 heteroatoms. The van der Waals surface area contributed by atoms with Gasteiger partial charge in [-0.3, -0.25) is 4.79 Å². The molecule has 1 amide bonds. The molecule has 0 aliphatic heterocycles. The van der Waals surface area contributed by atoms with Gasteiger partial charge in [0.15, 0.2) is 0 Å². The average molecular weight is 266 g/mol. The van der Waals surface area contributed by atoms with Gasteiger partial charge in [0.05, 0.1) is 18.7 Å². The predicted molar refractivity (Wildman–Crippen MR) is 70.0 cm³/mol. The summed E-state index contributed by atoms with van der Waals surface area (Å²) in [6, 6.07) is 6.60. The van der Waals surface area contributed by atoms with Crippen molar-refractivity contribution in [3.8, 4) is 0 Å². The predicted octanol–water partition coefficient (Wildman–Crippen LogP) is 0.237. The summed E-state index contributed by atoms with van der Waals surface area (Å²) in [5.74, 6) is -1.08. The van der Waals surface area contributed by atoms with E-state index in [0.717, 1.165) is 5.56 Å². The Morgan fingerprint density at radius 3 is 2.84 bits per heavy atom. The maximum absolute atomic E-state index is 11.4. The molecule has 0 fully saturated rings. The highest BCUT2D eigenvalue weighted by atomic mass is 16.5. The Kier molecular flexibility index (Phi) is 6.56. The van der Waals surface area contributed by atoms with Crippen LogP contribution in [-0.4, -0.2) is 43.8 Å². The van der Waals surface area contributed by atoms with Crippen molar-refractivity contribution in [2.24, 2.45) is 0 Å². The van der Waals surface area contributed by atoms with Crippen LogP contribution in [0.5, 0.6) is 0 Å². The van der Waals surface area contributed by atoms with E-state index in [9.17, 15) is 9.59 Å². The first-order valence-electron chi connectivity index (χ1n) is 5.92. The molecule has 0 aliphatic rings. The molecule has 0 saturated carbocycles. The largest absolute Gasteiger partial charge is 0.478 e. The lowest BCUT2D eigenvalue weighted by molar-refractivity contribution is -0.120. The fourth-order valence-corrected chi connectivity index (χ4v) is 1.49. The molecule has 0 saturated heterocycles. The lowest BCUT2D eigenvalue weighted by Gasteiger charge is -2.07. The highest BCUT2D eigenvalue weighted by molar-refractivity contribution is 5.87. The summed E-state index contributed by atoms with van der Waals surface area (Å²) in [5.41, 5.74) is 1.06. The third kappa shape index (κ3) is 5.98. The molecule has 0 radical (unpaired) electrons. The number of hydrogen-bond donors (Lipinski definition) is 3. The fourth-order valence-electron chi connectivity index (χ4n) is 1.49.